The predicted molar refractivity (Wildman–Crippen MR) is 66.1 cm³/mol. The summed E-state index contributed by atoms with van der Waals surface area (Å²) < 4.78 is 4.65. The first-order chi connectivity index (χ1) is 7.70. The molecule has 2 nitrogen and oxygen atoms in total. The highest BCUT2D eigenvalue weighted by Gasteiger charge is 2.09. The molecule has 0 amide bonds. The van der Waals surface area contributed by atoms with Gasteiger partial charge in [-0.15, -0.1) is 11.3 Å². The van der Waals surface area contributed by atoms with E-state index in [0.29, 0.717) is 9.90 Å². The molecule has 0 saturated carbocycles. The Morgan fingerprint density at radius 1 is 1.25 bits per heavy atom. The number of carbonyl (C=O) groups is 1. The van der Waals surface area contributed by atoms with Gasteiger partial charge in [0.15, 0.2) is 0 Å². The van der Waals surface area contributed by atoms with Gasteiger partial charge in [-0.1, -0.05) is 23.7 Å². The van der Waals surface area contributed by atoms with E-state index in [0.717, 1.165) is 11.1 Å². The first-order valence-electron chi connectivity index (χ1n) is 4.63. The zero-order valence-corrected chi connectivity index (χ0v) is 10.1. The lowest BCUT2D eigenvalue weighted by Crippen LogP contribution is -1.96. The number of hydrogen-bond donors (Lipinski definition) is 0. The van der Waals surface area contributed by atoms with E-state index in [-0.39, 0.29) is 5.97 Å². The molecule has 0 radical (unpaired) electrons. The van der Waals surface area contributed by atoms with Gasteiger partial charge in [-0.2, -0.15) is 0 Å². The molecule has 16 heavy (non-hydrogen) atoms. The van der Waals surface area contributed by atoms with Crippen LogP contribution < -0.4 is 0 Å². The van der Waals surface area contributed by atoms with Gasteiger partial charge in [0.25, 0.3) is 0 Å². The lowest BCUT2D eigenvalue weighted by molar-refractivity contribution is 0.0606. The molecule has 0 unspecified atom stereocenters. The first kappa shape index (κ1) is 11.2. The number of thiophene rings is 1. The Morgan fingerprint density at radius 2 is 1.94 bits per heavy atom. The van der Waals surface area contributed by atoms with E-state index in [1.54, 1.807) is 0 Å². The molecule has 1 aromatic heterocycles. The summed E-state index contributed by atoms with van der Waals surface area (Å²) in [5, 5.41) is 2.63. The van der Waals surface area contributed by atoms with Crippen molar-refractivity contribution < 1.29 is 9.53 Å². The van der Waals surface area contributed by atoms with Crippen LogP contribution in [0.5, 0.6) is 0 Å². The van der Waals surface area contributed by atoms with Gasteiger partial charge >= 0.3 is 5.97 Å². The number of benzene rings is 1. The second-order valence-electron chi connectivity index (χ2n) is 3.20. The fourth-order valence-electron chi connectivity index (χ4n) is 1.34. The molecule has 0 fully saturated rings. The van der Waals surface area contributed by atoms with E-state index < -0.39 is 0 Å². The Balaban J connectivity index is 2.31. The van der Waals surface area contributed by atoms with Gasteiger partial charge in [0, 0.05) is 5.02 Å². The molecule has 0 aliphatic carbocycles. The molecule has 0 bridgehead atoms. The summed E-state index contributed by atoms with van der Waals surface area (Å²) in [5.41, 5.74) is 2.04. The molecule has 0 N–H and O–H groups in total. The van der Waals surface area contributed by atoms with E-state index in [4.69, 9.17) is 11.6 Å². The molecule has 4 heteroatoms. The van der Waals surface area contributed by atoms with Crippen molar-refractivity contribution in [3.05, 3.63) is 45.6 Å². The van der Waals surface area contributed by atoms with Crippen molar-refractivity contribution in [1.82, 2.24) is 0 Å². The topological polar surface area (TPSA) is 26.3 Å². The number of ether oxygens (including phenoxy) is 1. The van der Waals surface area contributed by atoms with Crippen LogP contribution in [-0.2, 0) is 4.74 Å². The maximum Gasteiger partial charge on any atom is 0.348 e. The van der Waals surface area contributed by atoms with Gasteiger partial charge in [0.1, 0.15) is 4.88 Å². The highest BCUT2D eigenvalue weighted by molar-refractivity contribution is 7.12. The zero-order valence-electron chi connectivity index (χ0n) is 8.57. The molecule has 0 saturated heterocycles. The summed E-state index contributed by atoms with van der Waals surface area (Å²) in [7, 11) is 1.38. The molecule has 0 aliphatic heterocycles. The van der Waals surface area contributed by atoms with Crippen LogP contribution in [0.25, 0.3) is 11.1 Å². The summed E-state index contributed by atoms with van der Waals surface area (Å²) in [4.78, 5) is 11.9. The standard InChI is InChI=1S/C12H9ClO2S/c1-15-12(14)11-6-9(7-16-11)8-2-4-10(13)5-3-8/h2-7H,1H3. The summed E-state index contributed by atoms with van der Waals surface area (Å²) in [6.45, 7) is 0. The maximum absolute atomic E-state index is 11.3. The minimum absolute atomic E-state index is 0.301. The number of carbonyl (C=O) groups excluding carboxylic acids is 1. The van der Waals surface area contributed by atoms with Crippen LogP contribution in [0.1, 0.15) is 9.67 Å². The fourth-order valence-corrected chi connectivity index (χ4v) is 2.30. The highest BCUT2D eigenvalue weighted by atomic mass is 35.5. The monoisotopic (exact) mass is 252 g/mol. The zero-order chi connectivity index (χ0) is 11.5. The number of rotatable bonds is 2. The van der Waals surface area contributed by atoms with Gasteiger partial charge in [-0.25, -0.2) is 4.79 Å². The van der Waals surface area contributed by atoms with E-state index in [1.165, 1.54) is 18.4 Å². The Kier molecular flexibility index (Phi) is 3.27. The van der Waals surface area contributed by atoms with Crippen LogP contribution >= 0.6 is 22.9 Å². The number of halogens is 1. The molecule has 82 valence electrons. The van der Waals surface area contributed by atoms with Crippen LogP contribution in [0, 0.1) is 0 Å². The molecule has 2 rings (SSSR count). The van der Waals surface area contributed by atoms with Crippen molar-refractivity contribution in [3.63, 3.8) is 0 Å². The molecule has 0 atom stereocenters. The third kappa shape index (κ3) is 2.26. The molecule has 1 heterocycles. The number of hydrogen-bond acceptors (Lipinski definition) is 3. The highest BCUT2D eigenvalue weighted by Crippen LogP contribution is 2.27. The molecular weight excluding hydrogens is 244 g/mol. The average molecular weight is 253 g/mol. The van der Waals surface area contributed by atoms with Crippen molar-refractivity contribution >= 4 is 28.9 Å². The van der Waals surface area contributed by atoms with E-state index in [9.17, 15) is 4.79 Å². The third-order valence-corrected chi connectivity index (χ3v) is 3.33. The largest absolute Gasteiger partial charge is 0.465 e. The quantitative estimate of drug-likeness (QED) is 0.759. The van der Waals surface area contributed by atoms with E-state index in [1.807, 2.05) is 35.7 Å². The summed E-state index contributed by atoms with van der Waals surface area (Å²) in [6.07, 6.45) is 0. The lowest BCUT2D eigenvalue weighted by Gasteiger charge is -1.97. The second kappa shape index (κ2) is 4.68. The average Bonchev–Trinajstić information content (AvgIpc) is 2.78. The minimum atomic E-state index is -0.301. The number of methoxy groups -OCH3 is 1. The van der Waals surface area contributed by atoms with Crippen LogP contribution in [0.15, 0.2) is 35.7 Å². The Labute approximate surface area is 102 Å². The van der Waals surface area contributed by atoms with Crippen LogP contribution in [0.4, 0.5) is 0 Å². The van der Waals surface area contributed by atoms with Crippen molar-refractivity contribution in [2.24, 2.45) is 0 Å². The summed E-state index contributed by atoms with van der Waals surface area (Å²) in [6, 6.07) is 9.31. The fraction of sp³-hybridized carbons (Fsp3) is 0.0833. The van der Waals surface area contributed by atoms with Crippen molar-refractivity contribution in [1.29, 1.82) is 0 Å². The molecule has 0 aliphatic rings. The van der Waals surface area contributed by atoms with Gasteiger partial charge < -0.3 is 4.74 Å². The van der Waals surface area contributed by atoms with Crippen molar-refractivity contribution in [3.8, 4) is 11.1 Å². The van der Waals surface area contributed by atoms with Crippen LogP contribution in [0.2, 0.25) is 5.02 Å². The molecule has 2 aromatic rings. The molecule has 0 spiro atoms. The van der Waals surface area contributed by atoms with Gasteiger partial charge in [-0.3, -0.25) is 0 Å². The normalized spacial score (nSPS) is 10.1. The number of esters is 1. The van der Waals surface area contributed by atoms with Gasteiger partial charge in [0.2, 0.25) is 0 Å². The maximum atomic E-state index is 11.3. The third-order valence-electron chi connectivity index (χ3n) is 2.16. The second-order valence-corrected chi connectivity index (χ2v) is 4.55. The lowest BCUT2D eigenvalue weighted by atomic mass is 10.1. The minimum Gasteiger partial charge on any atom is -0.465 e. The predicted octanol–water partition coefficient (Wildman–Crippen LogP) is 3.86. The van der Waals surface area contributed by atoms with Crippen LogP contribution in [0.3, 0.4) is 0 Å². The summed E-state index contributed by atoms with van der Waals surface area (Å²) >= 11 is 7.18. The van der Waals surface area contributed by atoms with Gasteiger partial charge in [0.05, 0.1) is 7.11 Å². The van der Waals surface area contributed by atoms with E-state index >= 15 is 0 Å². The van der Waals surface area contributed by atoms with E-state index in [2.05, 4.69) is 4.74 Å². The smallest absolute Gasteiger partial charge is 0.348 e. The first-order valence-corrected chi connectivity index (χ1v) is 5.89. The van der Waals surface area contributed by atoms with Gasteiger partial charge in [-0.05, 0) is 34.7 Å². The van der Waals surface area contributed by atoms with Crippen molar-refractivity contribution in [2.45, 2.75) is 0 Å². The molecular formula is C12H9ClO2S. The van der Waals surface area contributed by atoms with Crippen molar-refractivity contribution in [2.75, 3.05) is 7.11 Å². The SMILES string of the molecule is COC(=O)c1cc(-c2ccc(Cl)cc2)cs1. The summed E-state index contributed by atoms with van der Waals surface area (Å²) in [5.74, 6) is -0.301. The van der Waals surface area contributed by atoms with Crippen LogP contribution in [-0.4, -0.2) is 13.1 Å². The molecule has 1 aromatic carbocycles. The Hall–Kier alpha value is -1.32. The Bertz CT molecular complexity index is 502. The Morgan fingerprint density at radius 3 is 2.56 bits per heavy atom.